The predicted octanol–water partition coefficient (Wildman–Crippen LogP) is -3.10. The molecule has 0 unspecified atom stereocenters. The maximum atomic E-state index is 9.34. The first kappa shape index (κ1) is 24.0. The molecule has 0 rings (SSSR count). The summed E-state index contributed by atoms with van der Waals surface area (Å²) in [7, 11) is 0. The van der Waals surface area contributed by atoms with E-state index in [1.165, 1.54) is 0 Å². The molecule has 74 valence electrons. The van der Waals surface area contributed by atoms with Gasteiger partial charge in [0.1, 0.15) is 0 Å². The molecule has 0 saturated heterocycles. The first-order chi connectivity index (χ1) is 4.00. The minimum atomic E-state index is -3.61. The minimum Gasteiger partial charge on any atom is -0.825 e. The molecule has 0 aromatic carbocycles. The molecule has 0 aromatic rings. The van der Waals surface area contributed by atoms with E-state index in [2.05, 4.69) is 48.1 Å². The van der Waals surface area contributed by atoms with Crippen molar-refractivity contribution in [2.45, 2.75) is 0 Å². The van der Waals surface area contributed by atoms with Crippen LogP contribution >= 0.6 is 35.9 Å². The summed E-state index contributed by atoms with van der Waals surface area (Å²) in [6.07, 6.45) is 0. The normalized spacial score (nSPS) is 9.83. The molecule has 0 amide bonds. The summed E-state index contributed by atoms with van der Waals surface area (Å²) in [6, 6.07) is 0. The van der Waals surface area contributed by atoms with Crippen LogP contribution < -0.4 is 19.6 Å². The first-order valence-corrected chi connectivity index (χ1v) is 9.08. The van der Waals surface area contributed by atoms with Crippen molar-refractivity contribution >= 4 is 59.5 Å². The molecule has 0 radical (unpaired) electrons. The topological polar surface area (TPSA) is 124 Å². The summed E-state index contributed by atoms with van der Waals surface area (Å²) in [5.41, 5.74) is -7.22. The molecule has 12 heteroatoms. The van der Waals surface area contributed by atoms with Gasteiger partial charge < -0.3 is 25.0 Å². The van der Waals surface area contributed by atoms with Crippen LogP contribution in [0.4, 0.5) is 0 Å². The van der Waals surface area contributed by atoms with Crippen LogP contribution in [0, 0.1) is 0 Å². The summed E-state index contributed by atoms with van der Waals surface area (Å²) in [4.78, 5) is 37.4. The zero-order valence-corrected chi connectivity index (χ0v) is 12.4. The van der Waals surface area contributed by atoms with Crippen LogP contribution in [0.25, 0.3) is 0 Å². The second kappa shape index (κ2) is 10.0. The molecule has 0 aliphatic heterocycles. The van der Waals surface area contributed by atoms with Gasteiger partial charge in [-0.2, -0.15) is 35.9 Å². The van der Waals surface area contributed by atoms with Gasteiger partial charge in [0.25, 0.3) is 0 Å². The third-order valence-electron chi connectivity index (χ3n) is 0. The van der Waals surface area contributed by atoms with Crippen molar-refractivity contribution in [3.63, 3.8) is 0 Å². The zero-order chi connectivity index (χ0) is 9.00. The van der Waals surface area contributed by atoms with E-state index >= 15 is 0 Å². The van der Waals surface area contributed by atoms with Gasteiger partial charge in [-0.25, -0.2) is 0 Å². The van der Waals surface area contributed by atoms with Crippen molar-refractivity contribution in [2.24, 2.45) is 0 Å². The van der Waals surface area contributed by atoms with Gasteiger partial charge in [-0.1, -0.05) is 0 Å². The number of hydrogen-bond donors (Lipinski definition) is 2. The quantitative estimate of drug-likeness (QED) is 0.264. The molecule has 5 nitrogen and oxygen atoms in total. The van der Waals surface area contributed by atoms with Crippen LogP contribution in [0.1, 0.15) is 0 Å². The predicted molar refractivity (Wildman–Crippen MR) is 50.2 cm³/mol. The van der Waals surface area contributed by atoms with Crippen LogP contribution in [0.3, 0.4) is 0 Å². The summed E-state index contributed by atoms with van der Waals surface area (Å²) >= 11 is 13.3. The molecule has 0 spiro atoms. The molecule has 0 aliphatic rings. The number of thiol groups is 2. The van der Waals surface area contributed by atoms with E-state index in [0.717, 1.165) is 0 Å². The van der Waals surface area contributed by atoms with Crippen molar-refractivity contribution < 1.29 is 46.1 Å². The van der Waals surface area contributed by atoms with Gasteiger partial charge in [0.05, 0.1) is 0 Å². The Hall–Kier alpha value is 2.49. The summed E-state index contributed by atoms with van der Waals surface area (Å²) in [5.74, 6) is 0. The molecule has 0 bridgehead atoms. The van der Waals surface area contributed by atoms with Gasteiger partial charge in [-0.3, -0.25) is 0 Å². The van der Waals surface area contributed by atoms with Crippen molar-refractivity contribution in [1.82, 2.24) is 0 Å². The van der Waals surface area contributed by atoms with Crippen molar-refractivity contribution in [3.05, 3.63) is 0 Å². The van der Waals surface area contributed by atoms with Crippen LogP contribution in [-0.4, -0.2) is 5.48 Å². The van der Waals surface area contributed by atoms with E-state index in [9.17, 15) is 19.6 Å². The Labute approximate surface area is 105 Å². The molecule has 0 atom stereocenters. The van der Waals surface area contributed by atoms with E-state index in [0.29, 0.717) is 0 Å². The number of hydrogen-bond acceptors (Lipinski definition) is 6. The Balaban J connectivity index is -0.0000000457. The summed E-state index contributed by atoms with van der Waals surface area (Å²) < 4.78 is 0. The molecule has 12 heavy (non-hydrogen) atoms. The maximum Gasteiger partial charge on any atom is 4.00 e. The van der Waals surface area contributed by atoms with E-state index < -0.39 is 11.4 Å². The molecular formula is H4MoO5P2S4. The first-order valence-electron chi connectivity index (χ1n) is 1.50. The van der Waals surface area contributed by atoms with E-state index in [1.54, 1.807) is 0 Å². The Kier molecular flexibility index (Phi) is 20.0. The molecule has 2 N–H and O–H groups in total. The maximum absolute atomic E-state index is 9.34. The number of rotatable bonds is 0. The van der Waals surface area contributed by atoms with Crippen LogP contribution in [0.5, 0.6) is 0 Å². The fourth-order valence-corrected chi connectivity index (χ4v) is 0. The molecule has 0 aliphatic carbocycles. The second-order valence-electron chi connectivity index (χ2n) is 0.937. The summed E-state index contributed by atoms with van der Waals surface area (Å²) in [6.45, 7) is 0. The summed E-state index contributed by atoms with van der Waals surface area (Å²) in [5, 5.41) is 0. The monoisotopic (exact) mass is 372 g/mol. The van der Waals surface area contributed by atoms with Crippen LogP contribution in [-0.2, 0) is 44.7 Å². The zero-order valence-electron chi connectivity index (χ0n) is 5.15. The van der Waals surface area contributed by atoms with Gasteiger partial charge >= 0.3 is 21.1 Å². The van der Waals surface area contributed by atoms with Crippen molar-refractivity contribution in [3.8, 4) is 0 Å². The van der Waals surface area contributed by atoms with Crippen molar-refractivity contribution in [1.29, 1.82) is 0 Å². The Morgan fingerprint density at radius 2 is 0.833 bits per heavy atom. The molecule has 0 aromatic heterocycles. The largest absolute Gasteiger partial charge is 4.00 e. The fourth-order valence-electron chi connectivity index (χ4n) is 0. The Morgan fingerprint density at radius 3 is 0.833 bits per heavy atom. The van der Waals surface area contributed by atoms with Gasteiger partial charge in [0.15, 0.2) is 0 Å². The van der Waals surface area contributed by atoms with Gasteiger partial charge in [-0.05, 0) is 0 Å². The third-order valence-corrected chi connectivity index (χ3v) is 0. The van der Waals surface area contributed by atoms with Crippen LogP contribution in [0.2, 0.25) is 0 Å². The minimum absolute atomic E-state index is 0. The van der Waals surface area contributed by atoms with E-state index in [-0.39, 0.29) is 26.5 Å². The SMILES string of the molecule is O.[Mo+4].[O-]P([O-])(=S)S.[O-]P([O-])(=S)S. The third kappa shape index (κ3) is 266. The standard InChI is InChI=1S/Mo.2H3O2PS2.H2O/c;2*1-3(2,4)5;/h;2*(H3,1,2,4,5);1H2/q+4;;;/p-4. The smallest absolute Gasteiger partial charge is 0.825 e. The van der Waals surface area contributed by atoms with E-state index in [4.69, 9.17) is 0 Å². The molecule has 0 fully saturated rings. The molecule has 0 heterocycles. The average molecular weight is 370 g/mol. The van der Waals surface area contributed by atoms with Gasteiger partial charge in [0.2, 0.25) is 0 Å². The van der Waals surface area contributed by atoms with Crippen molar-refractivity contribution in [2.75, 3.05) is 0 Å². The van der Waals surface area contributed by atoms with Crippen LogP contribution in [0.15, 0.2) is 0 Å². The fraction of sp³-hybridized carbons (Fsp3) is 0. The average Bonchev–Trinajstić information content (AvgIpc) is 1.12. The molecule has 0 saturated carbocycles. The second-order valence-corrected chi connectivity index (χ2v) is 10.5. The van der Waals surface area contributed by atoms with Gasteiger partial charge in [0, 0.05) is 0 Å². The van der Waals surface area contributed by atoms with E-state index in [1.807, 2.05) is 0 Å². The Bertz CT molecular complexity index is 134. The molecular weight excluding hydrogens is 366 g/mol. The Morgan fingerprint density at radius 1 is 0.833 bits per heavy atom. The van der Waals surface area contributed by atoms with Gasteiger partial charge in [-0.15, -0.1) is 23.6 Å².